The maximum absolute atomic E-state index is 13.7. The molecule has 37 heavy (non-hydrogen) atoms. The van der Waals surface area contributed by atoms with Crippen molar-refractivity contribution in [2.24, 2.45) is 11.3 Å². The summed E-state index contributed by atoms with van der Waals surface area (Å²) in [5.41, 5.74) is 0.484. The zero-order chi connectivity index (χ0) is 27.9. The maximum atomic E-state index is 13.7. The van der Waals surface area contributed by atoms with Gasteiger partial charge in [0.15, 0.2) is 0 Å². The van der Waals surface area contributed by atoms with E-state index in [0.29, 0.717) is 0 Å². The molecule has 210 valence electrons. The van der Waals surface area contributed by atoms with Gasteiger partial charge in [-0.05, 0) is 63.5 Å². The van der Waals surface area contributed by atoms with Gasteiger partial charge in [0.2, 0.25) is 21.8 Å². The summed E-state index contributed by atoms with van der Waals surface area (Å²) < 4.78 is 27.8. The summed E-state index contributed by atoms with van der Waals surface area (Å²) >= 11 is 0. The molecule has 1 atom stereocenters. The van der Waals surface area contributed by atoms with Crippen LogP contribution in [-0.2, 0) is 19.6 Å². The van der Waals surface area contributed by atoms with E-state index in [0.717, 1.165) is 44.1 Å². The van der Waals surface area contributed by atoms with E-state index in [-0.39, 0.29) is 54.2 Å². The van der Waals surface area contributed by atoms with Gasteiger partial charge in [-0.3, -0.25) is 9.59 Å². The maximum Gasteiger partial charge on any atom is 0.243 e. The van der Waals surface area contributed by atoms with Crippen molar-refractivity contribution in [2.75, 3.05) is 19.7 Å². The van der Waals surface area contributed by atoms with Crippen molar-refractivity contribution in [1.82, 2.24) is 14.9 Å². The van der Waals surface area contributed by atoms with E-state index < -0.39 is 21.6 Å². The lowest BCUT2D eigenvalue weighted by Crippen LogP contribution is -2.58. The average Bonchev–Trinajstić information content (AvgIpc) is 2.77. The fourth-order valence-electron chi connectivity index (χ4n) is 5.60. The van der Waals surface area contributed by atoms with Gasteiger partial charge in [-0.15, -0.1) is 0 Å². The molecule has 0 radical (unpaired) electrons. The highest BCUT2D eigenvalue weighted by atomic mass is 32.2. The highest BCUT2D eigenvalue weighted by Gasteiger charge is 2.39. The number of hydrogen-bond donors (Lipinski definition) is 3. The Morgan fingerprint density at radius 3 is 2.19 bits per heavy atom. The summed E-state index contributed by atoms with van der Waals surface area (Å²) in [6.07, 6.45) is 5.44. The summed E-state index contributed by atoms with van der Waals surface area (Å²) in [6, 6.07) is 5.79. The second-order valence-electron chi connectivity index (χ2n) is 12.2. The molecule has 2 amide bonds. The molecule has 1 aliphatic rings. The minimum Gasteiger partial charge on any atom is -0.395 e. The molecule has 8 nitrogen and oxygen atoms in total. The van der Waals surface area contributed by atoms with Gasteiger partial charge in [0, 0.05) is 25.0 Å². The SMILES string of the molecule is Cc1ccc(S(=O)(=O)NCCC(=O)N(CCO)C(C(=O)NC(C)(C)CC(C)(C)C)C2CCCCC2)cc1. The molecule has 3 N–H and O–H groups in total. The van der Waals surface area contributed by atoms with Crippen molar-refractivity contribution in [3.8, 4) is 0 Å². The molecule has 9 heteroatoms. The third kappa shape index (κ3) is 10.0. The molecular formula is C28H47N3O5S. The second-order valence-corrected chi connectivity index (χ2v) is 14.0. The van der Waals surface area contributed by atoms with Gasteiger partial charge in [-0.25, -0.2) is 13.1 Å². The number of aliphatic hydroxyl groups excluding tert-OH is 1. The Morgan fingerprint density at radius 2 is 1.65 bits per heavy atom. The molecule has 2 rings (SSSR count). The molecule has 1 aromatic rings. The largest absolute Gasteiger partial charge is 0.395 e. The number of carbonyl (C=O) groups is 2. The van der Waals surface area contributed by atoms with Crippen LogP contribution in [-0.4, -0.2) is 61.5 Å². The van der Waals surface area contributed by atoms with Crippen molar-refractivity contribution >= 4 is 21.8 Å². The topological polar surface area (TPSA) is 116 Å². The van der Waals surface area contributed by atoms with Gasteiger partial charge in [-0.2, -0.15) is 0 Å². The van der Waals surface area contributed by atoms with Crippen LogP contribution in [0.2, 0.25) is 0 Å². The number of benzene rings is 1. The van der Waals surface area contributed by atoms with Crippen LogP contribution in [0.4, 0.5) is 0 Å². The lowest BCUT2D eigenvalue weighted by molar-refractivity contribution is -0.144. The van der Waals surface area contributed by atoms with Crippen molar-refractivity contribution < 1.29 is 23.1 Å². The van der Waals surface area contributed by atoms with Crippen LogP contribution >= 0.6 is 0 Å². The second kappa shape index (κ2) is 13.2. The Labute approximate surface area is 223 Å². The molecule has 0 heterocycles. The number of rotatable bonds is 12. The third-order valence-electron chi connectivity index (χ3n) is 6.76. The normalized spacial score (nSPS) is 16.3. The van der Waals surface area contributed by atoms with Gasteiger partial charge in [0.05, 0.1) is 11.5 Å². The average molecular weight is 538 g/mol. The van der Waals surface area contributed by atoms with Gasteiger partial charge >= 0.3 is 0 Å². The minimum absolute atomic E-state index is 0.000984. The monoisotopic (exact) mass is 537 g/mol. The molecule has 0 spiro atoms. The lowest BCUT2D eigenvalue weighted by atomic mass is 9.80. The summed E-state index contributed by atoms with van der Waals surface area (Å²) in [6.45, 7) is 11.9. The molecule has 0 aromatic heterocycles. The molecule has 0 bridgehead atoms. The van der Waals surface area contributed by atoms with Crippen LogP contribution in [0.1, 0.15) is 85.1 Å². The number of carbonyl (C=O) groups excluding carboxylic acids is 2. The van der Waals surface area contributed by atoms with Crippen LogP contribution in [0, 0.1) is 18.3 Å². The number of aliphatic hydroxyl groups is 1. The van der Waals surface area contributed by atoms with Gasteiger partial charge in [-0.1, -0.05) is 57.7 Å². The Balaban J connectivity index is 2.18. The van der Waals surface area contributed by atoms with E-state index in [9.17, 15) is 23.1 Å². The number of sulfonamides is 1. The Bertz CT molecular complexity index is 994. The van der Waals surface area contributed by atoms with Gasteiger partial charge < -0.3 is 15.3 Å². The summed E-state index contributed by atoms with van der Waals surface area (Å²) in [4.78, 5) is 28.7. The predicted molar refractivity (Wildman–Crippen MR) is 146 cm³/mol. The van der Waals surface area contributed by atoms with Crippen LogP contribution in [0.25, 0.3) is 0 Å². The first-order valence-corrected chi connectivity index (χ1v) is 14.9. The first kappa shape index (κ1) is 31.2. The van der Waals surface area contributed by atoms with E-state index in [1.165, 1.54) is 17.0 Å². The third-order valence-corrected chi connectivity index (χ3v) is 8.24. The summed E-state index contributed by atoms with van der Waals surface area (Å²) in [5, 5.41) is 13.0. The smallest absolute Gasteiger partial charge is 0.243 e. The first-order valence-electron chi connectivity index (χ1n) is 13.4. The Kier molecular flexibility index (Phi) is 11.1. The molecule has 1 fully saturated rings. The fourth-order valence-corrected chi connectivity index (χ4v) is 6.63. The van der Waals surface area contributed by atoms with E-state index in [1.54, 1.807) is 12.1 Å². The zero-order valence-electron chi connectivity index (χ0n) is 23.5. The minimum atomic E-state index is -3.76. The fraction of sp³-hybridized carbons (Fsp3) is 0.714. The van der Waals surface area contributed by atoms with E-state index in [1.807, 2.05) is 20.8 Å². The number of aryl methyl sites for hydroxylation is 1. The Hall–Kier alpha value is -1.97. The number of nitrogens with one attached hydrogen (secondary N) is 2. The molecule has 1 aromatic carbocycles. The summed E-state index contributed by atoms with van der Waals surface area (Å²) in [5.74, 6) is -0.554. The highest BCUT2D eigenvalue weighted by Crippen LogP contribution is 2.31. The molecule has 1 unspecified atom stereocenters. The van der Waals surface area contributed by atoms with Gasteiger partial charge in [0.25, 0.3) is 0 Å². The van der Waals surface area contributed by atoms with Crippen LogP contribution in [0.15, 0.2) is 29.2 Å². The van der Waals surface area contributed by atoms with Crippen molar-refractivity contribution in [3.63, 3.8) is 0 Å². The number of nitrogens with zero attached hydrogens (tertiary/aromatic N) is 1. The quantitative estimate of drug-likeness (QED) is 0.375. The first-order chi connectivity index (χ1) is 17.1. The van der Waals surface area contributed by atoms with Crippen molar-refractivity contribution in [2.45, 2.75) is 103 Å². The van der Waals surface area contributed by atoms with E-state index in [4.69, 9.17) is 0 Å². The van der Waals surface area contributed by atoms with Crippen LogP contribution in [0.5, 0.6) is 0 Å². The number of hydrogen-bond acceptors (Lipinski definition) is 5. The van der Waals surface area contributed by atoms with Crippen LogP contribution < -0.4 is 10.0 Å². The van der Waals surface area contributed by atoms with E-state index in [2.05, 4.69) is 30.8 Å². The molecule has 1 aliphatic carbocycles. The van der Waals surface area contributed by atoms with Crippen molar-refractivity contribution in [1.29, 1.82) is 0 Å². The zero-order valence-corrected chi connectivity index (χ0v) is 24.3. The molecule has 1 saturated carbocycles. The molecule has 0 aliphatic heterocycles. The van der Waals surface area contributed by atoms with Crippen LogP contribution in [0.3, 0.4) is 0 Å². The lowest BCUT2D eigenvalue weighted by Gasteiger charge is -2.41. The van der Waals surface area contributed by atoms with Crippen molar-refractivity contribution in [3.05, 3.63) is 29.8 Å². The standard InChI is InChI=1S/C28H47N3O5S/c1-21-12-14-23(15-13-21)37(35,36)29-17-16-24(33)31(18-19-32)25(22-10-8-7-9-11-22)26(34)30-28(5,6)20-27(2,3)4/h12-15,22,25,29,32H,7-11,16-20H2,1-6H3,(H,30,34). The molecular weight excluding hydrogens is 490 g/mol. The van der Waals surface area contributed by atoms with Gasteiger partial charge in [0.1, 0.15) is 6.04 Å². The Morgan fingerprint density at radius 1 is 1.05 bits per heavy atom. The summed E-state index contributed by atoms with van der Waals surface area (Å²) in [7, 11) is -3.76. The molecule has 0 saturated heterocycles. The number of amides is 2. The van der Waals surface area contributed by atoms with E-state index >= 15 is 0 Å². The predicted octanol–water partition coefficient (Wildman–Crippen LogP) is 3.76. The highest BCUT2D eigenvalue weighted by molar-refractivity contribution is 7.89.